The minimum absolute atomic E-state index is 0.109. The van der Waals surface area contributed by atoms with Gasteiger partial charge in [0.2, 0.25) is 0 Å². The highest BCUT2D eigenvalue weighted by Gasteiger charge is 2.53. The molecule has 2 heterocycles. The largest absolute Gasteiger partial charge is 0.323 e. The average molecular weight is 238 g/mol. The molecule has 0 aromatic carbocycles. The first kappa shape index (κ1) is 12.4. The molecule has 2 N–H and O–H groups in total. The zero-order valence-corrected chi connectivity index (χ0v) is 11.1. The highest BCUT2D eigenvalue weighted by molar-refractivity contribution is 6.08. The molecular formula is C12H22N4O. The molecule has 0 bridgehead atoms. The van der Waals surface area contributed by atoms with E-state index in [4.69, 9.17) is 5.41 Å². The van der Waals surface area contributed by atoms with Crippen LogP contribution in [0.3, 0.4) is 0 Å². The zero-order valence-electron chi connectivity index (χ0n) is 11.1. The molecule has 2 fully saturated rings. The van der Waals surface area contributed by atoms with E-state index >= 15 is 0 Å². The van der Waals surface area contributed by atoms with Gasteiger partial charge in [-0.15, -0.1) is 0 Å². The highest BCUT2D eigenvalue weighted by atomic mass is 16.2. The van der Waals surface area contributed by atoms with Crippen molar-refractivity contribution in [2.75, 3.05) is 13.6 Å². The Balaban J connectivity index is 2.33. The van der Waals surface area contributed by atoms with Gasteiger partial charge in [0.05, 0.1) is 0 Å². The lowest BCUT2D eigenvalue weighted by Crippen LogP contribution is -2.59. The van der Waals surface area contributed by atoms with Crippen LogP contribution < -0.4 is 5.32 Å². The summed E-state index contributed by atoms with van der Waals surface area (Å²) in [7, 11) is 2.10. The standard InChI is InChI=1S/C12H22N4O/c1-8(2)16-11(17)14-10(13)12(16)5-6-15(4)9(3)7-12/h8-9H,5-7H2,1-4H3,(H2,13,14,17). The maximum Gasteiger partial charge on any atom is 0.323 e. The normalized spacial score (nSPS) is 34.9. The van der Waals surface area contributed by atoms with Crippen molar-refractivity contribution < 1.29 is 4.79 Å². The quantitative estimate of drug-likeness (QED) is 0.722. The molecule has 1 spiro atoms. The number of piperidine rings is 1. The fraction of sp³-hybridized carbons (Fsp3) is 0.833. The number of carbonyl (C=O) groups is 1. The molecule has 0 aromatic heterocycles. The van der Waals surface area contributed by atoms with Crippen LogP contribution in [-0.4, -0.2) is 52.9 Å². The number of rotatable bonds is 1. The van der Waals surface area contributed by atoms with E-state index in [9.17, 15) is 4.79 Å². The second-order valence-corrected chi connectivity index (χ2v) is 5.58. The second-order valence-electron chi connectivity index (χ2n) is 5.58. The van der Waals surface area contributed by atoms with Crippen molar-refractivity contribution in [2.24, 2.45) is 0 Å². The smallest absolute Gasteiger partial charge is 0.309 e. The summed E-state index contributed by atoms with van der Waals surface area (Å²) in [6.45, 7) is 7.13. The summed E-state index contributed by atoms with van der Waals surface area (Å²) < 4.78 is 0. The summed E-state index contributed by atoms with van der Waals surface area (Å²) >= 11 is 0. The summed E-state index contributed by atoms with van der Waals surface area (Å²) in [5, 5.41) is 10.8. The van der Waals surface area contributed by atoms with Gasteiger partial charge >= 0.3 is 6.03 Å². The van der Waals surface area contributed by atoms with E-state index in [1.54, 1.807) is 0 Å². The Kier molecular flexibility index (Phi) is 2.89. The first-order chi connectivity index (χ1) is 7.88. The Bertz CT molecular complexity index is 354. The predicted molar refractivity (Wildman–Crippen MR) is 67.3 cm³/mol. The molecule has 5 nitrogen and oxygen atoms in total. The van der Waals surface area contributed by atoms with Crippen molar-refractivity contribution in [2.45, 2.75) is 51.2 Å². The SMILES string of the molecule is CC1CC2(CCN1C)C(=N)NC(=O)N2C(C)C. The highest BCUT2D eigenvalue weighted by Crippen LogP contribution is 2.36. The van der Waals surface area contributed by atoms with E-state index in [2.05, 4.69) is 24.2 Å². The fourth-order valence-corrected chi connectivity index (χ4v) is 3.10. The molecule has 2 atom stereocenters. The van der Waals surface area contributed by atoms with E-state index < -0.39 is 5.54 Å². The van der Waals surface area contributed by atoms with Crippen LogP contribution in [0.1, 0.15) is 33.6 Å². The molecule has 0 aliphatic carbocycles. The van der Waals surface area contributed by atoms with Gasteiger partial charge in [0.1, 0.15) is 11.4 Å². The minimum Gasteiger partial charge on any atom is -0.309 e. The summed E-state index contributed by atoms with van der Waals surface area (Å²) in [6.07, 6.45) is 1.70. The topological polar surface area (TPSA) is 59.4 Å². The molecule has 96 valence electrons. The zero-order chi connectivity index (χ0) is 12.8. The number of nitrogens with zero attached hydrogens (tertiary/aromatic N) is 2. The summed E-state index contributed by atoms with van der Waals surface area (Å²) in [5.74, 6) is 0.385. The first-order valence-corrected chi connectivity index (χ1v) is 6.28. The van der Waals surface area contributed by atoms with E-state index in [1.165, 1.54) is 0 Å². The Hall–Kier alpha value is -1.10. The van der Waals surface area contributed by atoms with Gasteiger partial charge in [-0.2, -0.15) is 0 Å². The predicted octanol–water partition coefficient (Wildman–Crippen LogP) is 1.25. The van der Waals surface area contributed by atoms with Crippen LogP contribution >= 0.6 is 0 Å². The van der Waals surface area contributed by atoms with Gasteiger partial charge in [-0.1, -0.05) is 0 Å². The van der Waals surface area contributed by atoms with Crippen LogP contribution in [0, 0.1) is 5.41 Å². The van der Waals surface area contributed by atoms with E-state index in [1.807, 2.05) is 18.7 Å². The summed E-state index contributed by atoms with van der Waals surface area (Å²) in [6, 6.07) is 0.424. The Morgan fingerprint density at radius 1 is 1.53 bits per heavy atom. The lowest BCUT2D eigenvalue weighted by Gasteiger charge is -2.47. The Morgan fingerprint density at radius 2 is 2.18 bits per heavy atom. The van der Waals surface area contributed by atoms with Crippen LogP contribution in [0.5, 0.6) is 0 Å². The van der Waals surface area contributed by atoms with E-state index in [0.29, 0.717) is 11.9 Å². The third-order valence-electron chi connectivity index (χ3n) is 4.16. The molecule has 0 radical (unpaired) electrons. The molecule has 0 aromatic rings. The van der Waals surface area contributed by atoms with Gasteiger partial charge in [-0.25, -0.2) is 4.79 Å². The van der Waals surface area contributed by atoms with Gasteiger partial charge in [0.25, 0.3) is 0 Å². The van der Waals surface area contributed by atoms with Gasteiger partial charge in [0.15, 0.2) is 0 Å². The van der Waals surface area contributed by atoms with Gasteiger partial charge in [0, 0.05) is 18.6 Å². The Labute approximate surface area is 103 Å². The van der Waals surface area contributed by atoms with Gasteiger partial charge in [-0.05, 0) is 40.7 Å². The number of likely N-dealkylation sites (tertiary alicyclic amines) is 1. The van der Waals surface area contributed by atoms with Crippen molar-refractivity contribution in [3.8, 4) is 0 Å². The first-order valence-electron chi connectivity index (χ1n) is 6.28. The molecule has 0 saturated carbocycles. The molecule has 17 heavy (non-hydrogen) atoms. The third kappa shape index (κ3) is 1.73. The minimum atomic E-state index is -0.392. The number of hydrogen-bond acceptors (Lipinski definition) is 3. The molecule has 2 saturated heterocycles. The number of hydrogen-bond donors (Lipinski definition) is 2. The summed E-state index contributed by atoms with van der Waals surface area (Å²) in [5.41, 5.74) is -0.392. The molecule has 2 aliphatic rings. The number of carbonyl (C=O) groups excluding carboxylic acids is 1. The lowest BCUT2D eigenvalue weighted by molar-refractivity contribution is 0.0679. The van der Waals surface area contributed by atoms with Crippen LogP contribution in [-0.2, 0) is 0 Å². The van der Waals surface area contributed by atoms with Crippen LogP contribution in [0.2, 0.25) is 0 Å². The van der Waals surface area contributed by atoms with E-state index in [-0.39, 0.29) is 12.1 Å². The molecule has 2 rings (SSSR count). The van der Waals surface area contributed by atoms with Gasteiger partial charge in [-0.3, -0.25) is 10.7 Å². The van der Waals surface area contributed by atoms with Crippen LogP contribution in [0.15, 0.2) is 0 Å². The molecule has 2 unspecified atom stereocenters. The average Bonchev–Trinajstić information content (AvgIpc) is 2.45. The number of urea groups is 1. The number of amidine groups is 1. The van der Waals surface area contributed by atoms with Crippen molar-refractivity contribution in [1.82, 2.24) is 15.1 Å². The van der Waals surface area contributed by atoms with Crippen LogP contribution in [0.4, 0.5) is 4.79 Å². The van der Waals surface area contributed by atoms with Gasteiger partial charge < -0.3 is 9.80 Å². The lowest BCUT2D eigenvalue weighted by atomic mass is 9.81. The molecular weight excluding hydrogens is 216 g/mol. The third-order valence-corrected chi connectivity index (χ3v) is 4.16. The van der Waals surface area contributed by atoms with Crippen molar-refractivity contribution in [3.63, 3.8) is 0 Å². The van der Waals surface area contributed by atoms with Crippen molar-refractivity contribution >= 4 is 11.9 Å². The molecule has 2 amide bonds. The maximum absolute atomic E-state index is 11.9. The maximum atomic E-state index is 11.9. The molecule has 5 heteroatoms. The van der Waals surface area contributed by atoms with Crippen LogP contribution in [0.25, 0.3) is 0 Å². The monoisotopic (exact) mass is 238 g/mol. The van der Waals surface area contributed by atoms with Crippen molar-refractivity contribution in [1.29, 1.82) is 5.41 Å². The van der Waals surface area contributed by atoms with E-state index in [0.717, 1.165) is 19.4 Å². The fourth-order valence-electron chi connectivity index (χ4n) is 3.10. The van der Waals surface area contributed by atoms with Crippen molar-refractivity contribution in [3.05, 3.63) is 0 Å². The number of nitrogens with one attached hydrogen (secondary N) is 2. The second kappa shape index (κ2) is 3.98. The summed E-state index contributed by atoms with van der Waals surface area (Å²) in [4.78, 5) is 16.1. The Morgan fingerprint density at radius 3 is 2.71 bits per heavy atom. The molecule has 2 aliphatic heterocycles. The number of amides is 2.